The molecule has 0 spiro atoms. The number of carboxylic acids is 1. The molecular weight excluding hydrogens is 515 g/mol. The van der Waals surface area contributed by atoms with E-state index in [1.807, 2.05) is 17.9 Å². The van der Waals surface area contributed by atoms with Crippen LogP contribution in [-0.4, -0.2) is 55.2 Å². The van der Waals surface area contributed by atoms with Crippen LogP contribution in [0.5, 0.6) is 0 Å². The van der Waals surface area contributed by atoms with E-state index in [0.717, 1.165) is 18.4 Å². The maximum absolute atomic E-state index is 13.4. The Bertz CT molecular complexity index is 1090. The SMILES string of the molecule is C#C.Cc1ccc(Cl)c(N(CCCCCN2CSCC2C(=O)O)S(=O)(=O)c2ccc(Cl)cc2)c1. The molecule has 1 unspecified atom stereocenters. The van der Waals surface area contributed by atoms with Gasteiger partial charge >= 0.3 is 5.97 Å². The maximum atomic E-state index is 13.4. The lowest BCUT2D eigenvalue weighted by Gasteiger charge is -2.26. The number of aliphatic carboxylic acids is 1. The smallest absolute Gasteiger partial charge is 0.321 e. The van der Waals surface area contributed by atoms with Gasteiger partial charge in [0.15, 0.2) is 0 Å². The van der Waals surface area contributed by atoms with E-state index in [9.17, 15) is 18.3 Å². The van der Waals surface area contributed by atoms with Gasteiger partial charge in [-0.25, -0.2) is 8.42 Å². The van der Waals surface area contributed by atoms with Gasteiger partial charge in [0.1, 0.15) is 6.04 Å². The molecule has 3 rings (SSSR count). The monoisotopic (exact) mass is 542 g/mol. The van der Waals surface area contributed by atoms with E-state index >= 15 is 0 Å². The molecule has 0 saturated carbocycles. The molecule has 0 amide bonds. The highest BCUT2D eigenvalue weighted by Gasteiger charge is 2.30. The first kappa shape index (κ1) is 28.3. The lowest BCUT2D eigenvalue weighted by atomic mass is 10.2. The van der Waals surface area contributed by atoms with Crippen LogP contribution in [0, 0.1) is 19.8 Å². The molecule has 2 aromatic carbocycles. The number of sulfonamides is 1. The molecule has 1 atom stereocenters. The number of terminal acetylenes is 1. The summed E-state index contributed by atoms with van der Waals surface area (Å²) in [5.41, 5.74) is 1.36. The third kappa shape index (κ3) is 7.30. The molecular formula is C24H28Cl2N2O4S2. The molecule has 0 aromatic heterocycles. The highest BCUT2D eigenvalue weighted by atomic mass is 35.5. The van der Waals surface area contributed by atoms with Gasteiger partial charge in [0.2, 0.25) is 0 Å². The number of rotatable bonds is 10. The Labute approximate surface area is 216 Å². The normalized spacial score (nSPS) is 16.0. The lowest BCUT2D eigenvalue weighted by molar-refractivity contribution is -0.141. The summed E-state index contributed by atoms with van der Waals surface area (Å²) in [4.78, 5) is 13.4. The molecule has 184 valence electrons. The van der Waals surface area contributed by atoms with Gasteiger partial charge in [0.25, 0.3) is 10.0 Å². The second-order valence-electron chi connectivity index (χ2n) is 7.71. The highest BCUT2D eigenvalue weighted by Crippen LogP contribution is 2.32. The Morgan fingerprint density at radius 3 is 2.47 bits per heavy atom. The predicted octanol–water partition coefficient (Wildman–Crippen LogP) is 5.38. The topological polar surface area (TPSA) is 77.9 Å². The summed E-state index contributed by atoms with van der Waals surface area (Å²) < 4.78 is 28.3. The van der Waals surface area contributed by atoms with Crippen molar-refractivity contribution in [1.29, 1.82) is 0 Å². The van der Waals surface area contributed by atoms with Crippen molar-refractivity contribution in [1.82, 2.24) is 4.90 Å². The average molecular weight is 544 g/mol. The fourth-order valence-electron chi connectivity index (χ4n) is 3.59. The maximum Gasteiger partial charge on any atom is 0.321 e. The molecule has 0 radical (unpaired) electrons. The number of unbranched alkanes of at least 4 members (excludes halogenated alkanes) is 2. The van der Waals surface area contributed by atoms with Crippen LogP contribution in [0.1, 0.15) is 24.8 Å². The van der Waals surface area contributed by atoms with Crippen LogP contribution in [0.25, 0.3) is 0 Å². The van der Waals surface area contributed by atoms with Gasteiger partial charge < -0.3 is 5.11 Å². The number of benzene rings is 2. The Hall–Kier alpha value is -1.89. The number of carbonyl (C=O) groups is 1. The van der Waals surface area contributed by atoms with Crippen molar-refractivity contribution in [2.24, 2.45) is 0 Å². The summed E-state index contributed by atoms with van der Waals surface area (Å²) >= 11 is 13.9. The Morgan fingerprint density at radius 1 is 1.15 bits per heavy atom. The van der Waals surface area contributed by atoms with Crippen molar-refractivity contribution in [3.05, 3.63) is 58.1 Å². The number of halogens is 2. The van der Waals surface area contributed by atoms with Crippen LogP contribution in [0.3, 0.4) is 0 Å². The third-order valence-corrected chi connectivity index (χ3v) is 8.80. The molecule has 6 nitrogen and oxygen atoms in total. The van der Waals surface area contributed by atoms with Crippen LogP contribution in [-0.2, 0) is 14.8 Å². The van der Waals surface area contributed by atoms with Crippen molar-refractivity contribution in [3.63, 3.8) is 0 Å². The summed E-state index contributed by atoms with van der Waals surface area (Å²) in [6.07, 6.45) is 10.2. The van der Waals surface area contributed by atoms with E-state index in [1.165, 1.54) is 16.4 Å². The van der Waals surface area contributed by atoms with Crippen LogP contribution in [0.4, 0.5) is 5.69 Å². The molecule has 1 aliphatic rings. The summed E-state index contributed by atoms with van der Waals surface area (Å²) in [5.74, 6) is 0.533. The second kappa shape index (κ2) is 13.3. The largest absolute Gasteiger partial charge is 0.480 e. The number of thioether (sulfide) groups is 1. The lowest BCUT2D eigenvalue weighted by Crippen LogP contribution is -2.38. The average Bonchev–Trinajstić information content (AvgIpc) is 3.28. The van der Waals surface area contributed by atoms with Gasteiger partial charge in [-0.2, -0.15) is 0 Å². The van der Waals surface area contributed by atoms with Crippen molar-refractivity contribution >= 4 is 56.6 Å². The molecule has 1 aliphatic heterocycles. The second-order valence-corrected chi connectivity index (χ2v) is 11.4. The summed E-state index contributed by atoms with van der Waals surface area (Å²) in [6.45, 7) is 2.84. The molecule has 1 saturated heterocycles. The molecule has 1 heterocycles. The van der Waals surface area contributed by atoms with E-state index in [4.69, 9.17) is 23.2 Å². The number of aryl methyl sites for hydroxylation is 1. The highest BCUT2D eigenvalue weighted by molar-refractivity contribution is 7.99. The van der Waals surface area contributed by atoms with E-state index in [0.29, 0.717) is 40.3 Å². The van der Waals surface area contributed by atoms with Crippen molar-refractivity contribution < 1.29 is 18.3 Å². The van der Waals surface area contributed by atoms with E-state index in [-0.39, 0.29) is 11.4 Å². The quantitative estimate of drug-likeness (QED) is 0.321. The van der Waals surface area contributed by atoms with Crippen LogP contribution in [0.2, 0.25) is 10.0 Å². The van der Waals surface area contributed by atoms with Gasteiger partial charge in [-0.1, -0.05) is 35.7 Å². The standard InChI is InChI=1S/C22H26Cl2N2O4S2.C2H2/c1-16-5-10-19(24)20(13-16)26(32(29,30)18-8-6-17(23)7-9-18)12-4-2-3-11-25-15-31-14-21(25)22(27)28;1-2/h5-10,13,21H,2-4,11-12,14-15H2,1H3,(H,27,28);1-2H. The van der Waals surface area contributed by atoms with Crippen LogP contribution >= 0.6 is 35.0 Å². The Morgan fingerprint density at radius 2 is 1.82 bits per heavy atom. The van der Waals surface area contributed by atoms with Gasteiger partial charge in [0, 0.05) is 23.2 Å². The minimum atomic E-state index is -3.83. The van der Waals surface area contributed by atoms with Gasteiger partial charge in [-0.05, 0) is 68.3 Å². The predicted molar refractivity (Wildman–Crippen MR) is 141 cm³/mol. The molecule has 0 bridgehead atoms. The van der Waals surface area contributed by atoms with Crippen molar-refractivity contribution in [2.75, 3.05) is 29.0 Å². The minimum Gasteiger partial charge on any atom is -0.480 e. The zero-order valence-corrected chi connectivity index (χ0v) is 22.0. The minimum absolute atomic E-state index is 0.151. The molecule has 1 N–H and O–H groups in total. The first-order valence-electron chi connectivity index (χ1n) is 10.6. The van der Waals surface area contributed by atoms with Gasteiger partial charge in [-0.15, -0.1) is 24.6 Å². The van der Waals surface area contributed by atoms with Crippen LogP contribution in [0.15, 0.2) is 47.4 Å². The first-order valence-corrected chi connectivity index (χ1v) is 14.0. The Balaban J connectivity index is 0.00000199. The fraction of sp³-hybridized carbons (Fsp3) is 0.375. The molecule has 0 aliphatic carbocycles. The van der Waals surface area contributed by atoms with E-state index in [1.54, 1.807) is 36.0 Å². The Kier molecular flexibility index (Phi) is 11.1. The molecule has 1 fully saturated rings. The number of hydrogen-bond acceptors (Lipinski definition) is 5. The number of hydrogen-bond donors (Lipinski definition) is 1. The number of nitrogens with zero attached hydrogens (tertiary/aromatic N) is 2. The fourth-order valence-corrected chi connectivity index (χ4v) is 6.72. The zero-order valence-electron chi connectivity index (χ0n) is 18.9. The van der Waals surface area contributed by atoms with Gasteiger partial charge in [0.05, 0.1) is 15.6 Å². The van der Waals surface area contributed by atoms with Crippen LogP contribution < -0.4 is 4.31 Å². The van der Waals surface area contributed by atoms with E-state index < -0.39 is 22.0 Å². The van der Waals surface area contributed by atoms with E-state index in [2.05, 4.69) is 12.8 Å². The number of anilines is 1. The van der Waals surface area contributed by atoms with Gasteiger partial charge in [-0.3, -0.25) is 14.0 Å². The molecule has 10 heteroatoms. The van der Waals surface area contributed by atoms with Crippen molar-refractivity contribution in [2.45, 2.75) is 37.1 Å². The summed E-state index contributed by atoms with van der Waals surface area (Å²) in [7, 11) is -3.83. The summed E-state index contributed by atoms with van der Waals surface area (Å²) in [5, 5.41) is 10.1. The number of carboxylic acid groups (broad SMARTS) is 1. The zero-order chi connectivity index (χ0) is 25.3. The van der Waals surface area contributed by atoms with Crippen molar-refractivity contribution in [3.8, 4) is 12.8 Å². The molecule has 34 heavy (non-hydrogen) atoms. The first-order chi connectivity index (χ1) is 16.2. The summed E-state index contributed by atoms with van der Waals surface area (Å²) in [6, 6.07) is 11.0. The third-order valence-electron chi connectivity index (χ3n) is 5.34. The molecule has 2 aromatic rings.